The molecule has 1 aromatic carbocycles. The predicted octanol–water partition coefficient (Wildman–Crippen LogP) is 2.24. The van der Waals surface area contributed by atoms with Crippen LogP contribution in [0.5, 0.6) is 0 Å². The molecule has 0 bridgehead atoms. The van der Waals surface area contributed by atoms with E-state index in [1.54, 1.807) is 12.1 Å². The van der Waals surface area contributed by atoms with Crippen molar-refractivity contribution in [2.24, 2.45) is 11.7 Å². The van der Waals surface area contributed by atoms with Gasteiger partial charge in [-0.2, -0.15) is 0 Å². The number of benzene rings is 1. The van der Waals surface area contributed by atoms with Crippen LogP contribution in [-0.4, -0.2) is 48.6 Å². The summed E-state index contributed by atoms with van der Waals surface area (Å²) in [5.74, 6) is 0.773. The molecule has 3 nitrogen and oxygen atoms in total. The van der Waals surface area contributed by atoms with Gasteiger partial charge >= 0.3 is 0 Å². The van der Waals surface area contributed by atoms with Crippen LogP contribution < -0.4 is 5.73 Å². The molecule has 2 atom stereocenters. The van der Waals surface area contributed by atoms with Gasteiger partial charge in [0.2, 0.25) is 0 Å². The maximum atomic E-state index is 13.5. The van der Waals surface area contributed by atoms with Gasteiger partial charge in [-0.3, -0.25) is 4.90 Å². The van der Waals surface area contributed by atoms with E-state index in [4.69, 9.17) is 5.73 Å². The Morgan fingerprint density at radius 2 is 1.95 bits per heavy atom. The van der Waals surface area contributed by atoms with Crippen molar-refractivity contribution in [3.63, 3.8) is 0 Å². The zero-order chi connectivity index (χ0) is 14.8. The Kier molecular flexibility index (Phi) is 4.57. The maximum Gasteiger partial charge on any atom is 0.123 e. The second-order valence-corrected chi connectivity index (χ2v) is 6.64. The Labute approximate surface area is 126 Å². The van der Waals surface area contributed by atoms with Gasteiger partial charge in [-0.05, 0) is 43.4 Å². The van der Waals surface area contributed by atoms with Crippen LogP contribution in [0.15, 0.2) is 24.3 Å². The lowest BCUT2D eigenvalue weighted by Crippen LogP contribution is -2.51. The van der Waals surface area contributed by atoms with E-state index in [0.29, 0.717) is 0 Å². The second-order valence-electron chi connectivity index (χ2n) is 6.64. The lowest BCUT2D eigenvalue weighted by atomic mass is 9.98. The van der Waals surface area contributed by atoms with Gasteiger partial charge in [-0.1, -0.05) is 12.1 Å². The van der Waals surface area contributed by atoms with Gasteiger partial charge in [-0.15, -0.1) is 0 Å². The van der Waals surface area contributed by atoms with Gasteiger partial charge < -0.3 is 10.6 Å². The molecule has 2 fully saturated rings. The van der Waals surface area contributed by atoms with Crippen LogP contribution in [0.2, 0.25) is 0 Å². The Morgan fingerprint density at radius 3 is 2.52 bits per heavy atom. The van der Waals surface area contributed by atoms with Crippen LogP contribution in [0.3, 0.4) is 0 Å². The number of piperazine rings is 1. The molecule has 1 aromatic rings. The molecule has 4 heteroatoms. The molecular weight excluding hydrogens is 265 g/mol. The number of halogens is 1. The summed E-state index contributed by atoms with van der Waals surface area (Å²) >= 11 is 0. The number of hydrogen-bond acceptors (Lipinski definition) is 3. The molecule has 2 N–H and O–H groups in total. The molecule has 0 spiro atoms. The summed E-state index contributed by atoms with van der Waals surface area (Å²) in [6.07, 6.45) is 2.82. The minimum atomic E-state index is -0.175. The van der Waals surface area contributed by atoms with E-state index in [1.807, 2.05) is 13.0 Å². The zero-order valence-corrected chi connectivity index (χ0v) is 12.8. The van der Waals surface area contributed by atoms with Crippen molar-refractivity contribution >= 4 is 0 Å². The fourth-order valence-electron chi connectivity index (χ4n) is 3.43. The molecule has 1 aliphatic heterocycles. The van der Waals surface area contributed by atoms with E-state index in [9.17, 15) is 4.39 Å². The average molecular weight is 291 g/mol. The highest BCUT2D eigenvalue weighted by Crippen LogP contribution is 2.31. The van der Waals surface area contributed by atoms with Gasteiger partial charge in [0.15, 0.2) is 0 Å². The average Bonchev–Trinajstić information content (AvgIpc) is 3.25. The van der Waals surface area contributed by atoms with Crippen LogP contribution in [0.25, 0.3) is 0 Å². The fraction of sp³-hybridized carbons (Fsp3) is 0.647. The number of rotatable bonds is 5. The summed E-state index contributed by atoms with van der Waals surface area (Å²) in [6, 6.07) is 7.02. The minimum Gasteiger partial charge on any atom is -0.326 e. The summed E-state index contributed by atoms with van der Waals surface area (Å²) in [5.41, 5.74) is 7.20. The molecule has 1 saturated carbocycles. The molecule has 0 radical (unpaired) electrons. The van der Waals surface area contributed by atoms with Crippen molar-refractivity contribution in [1.82, 2.24) is 9.80 Å². The second kappa shape index (κ2) is 6.42. The SMILES string of the molecule is CC(N)C(c1cccc(F)c1)N1CCN(CC2CC2)CC1. The van der Waals surface area contributed by atoms with Crippen molar-refractivity contribution in [3.8, 4) is 0 Å². The Bertz CT molecular complexity index is 465. The predicted molar refractivity (Wildman–Crippen MR) is 83.5 cm³/mol. The third-order valence-corrected chi connectivity index (χ3v) is 4.70. The molecular formula is C17H26FN3. The summed E-state index contributed by atoms with van der Waals surface area (Å²) < 4.78 is 13.5. The summed E-state index contributed by atoms with van der Waals surface area (Å²) in [7, 11) is 0. The molecule has 0 aromatic heterocycles. The molecule has 1 heterocycles. The largest absolute Gasteiger partial charge is 0.326 e. The summed E-state index contributed by atoms with van der Waals surface area (Å²) in [6.45, 7) is 7.54. The third kappa shape index (κ3) is 3.82. The smallest absolute Gasteiger partial charge is 0.123 e. The van der Waals surface area contributed by atoms with Gasteiger partial charge in [0, 0.05) is 44.8 Å². The molecule has 2 aliphatic rings. The minimum absolute atomic E-state index is 0.00165. The highest BCUT2D eigenvalue weighted by molar-refractivity contribution is 5.22. The maximum absolute atomic E-state index is 13.5. The molecule has 0 amide bonds. The van der Waals surface area contributed by atoms with Crippen molar-refractivity contribution in [3.05, 3.63) is 35.6 Å². The van der Waals surface area contributed by atoms with Gasteiger partial charge in [0.25, 0.3) is 0 Å². The van der Waals surface area contributed by atoms with Gasteiger partial charge in [-0.25, -0.2) is 4.39 Å². The normalized spacial score (nSPS) is 24.0. The Hall–Kier alpha value is -0.970. The highest BCUT2D eigenvalue weighted by atomic mass is 19.1. The van der Waals surface area contributed by atoms with Crippen LogP contribution in [0.1, 0.15) is 31.4 Å². The lowest BCUT2D eigenvalue weighted by Gasteiger charge is -2.41. The first-order valence-corrected chi connectivity index (χ1v) is 8.11. The zero-order valence-electron chi connectivity index (χ0n) is 12.8. The van der Waals surface area contributed by atoms with E-state index in [0.717, 1.165) is 37.7 Å². The molecule has 21 heavy (non-hydrogen) atoms. The van der Waals surface area contributed by atoms with Crippen LogP contribution in [0, 0.1) is 11.7 Å². The van der Waals surface area contributed by atoms with Gasteiger partial charge in [0.05, 0.1) is 0 Å². The van der Waals surface area contributed by atoms with Crippen LogP contribution >= 0.6 is 0 Å². The van der Waals surface area contributed by atoms with Crippen molar-refractivity contribution in [1.29, 1.82) is 0 Å². The first-order valence-electron chi connectivity index (χ1n) is 8.11. The monoisotopic (exact) mass is 291 g/mol. The number of hydrogen-bond donors (Lipinski definition) is 1. The van der Waals surface area contributed by atoms with E-state index >= 15 is 0 Å². The molecule has 2 unspecified atom stereocenters. The van der Waals surface area contributed by atoms with Crippen LogP contribution in [0.4, 0.5) is 4.39 Å². The Balaban J connectivity index is 1.64. The standard InChI is InChI=1S/C17H26FN3/c1-13(19)17(15-3-2-4-16(18)11-15)21-9-7-20(8-10-21)12-14-5-6-14/h2-4,11,13-14,17H,5-10,12,19H2,1H3. The van der Waals surface area contributed by atoms with E-state index in [-0.39, 0.29) is 17.9 Å². The lowest BCUT2D eigenvalue weighted by molar-refractivity contribution is 0.0841. The molecule has 1 aliphatic carbocycles. The number of nitrogens with two attached hydrogens (primary N) is 1. The van der Waals surface area contributed by atoms with Crippen molar-refractivity contribution in [2.75, 3.05) is 32.7 Å². The third-order valence-electron chi connectivity index (χ3n) is 4.70. The van der Waals surface area contributed by atoms with Crippen molar-refractivity contribution < 1.29 is 4.39 Å². The van der Waals surface area contributed by atoms with Crippen LogP contribution in [-0.2, 0) is 0 Å². The first kappa shape index (κ1) is 14.9. The first-order chi connectivity index (χ1) is 10.1. The van der Waals surface area contributed by atoms with Crippen molar-refractivity contribution in [2.45, 2.75) is 31.8 Å². The van der Waals surface area contributed by atoms with Gasteiger partial charge in [0.1, 0.15) is 5.82 Å². The number of nitrogens with zero attached hydrogens (tertiary/aromatic N) is 2. The van der Waals surface area contributed by atoms with E-state index < -0.39 is 0 Å². The molecule has 1 saturated heterocycles. The Morgan fingerprint density at radius 1 is 1.24 bits per heavy atom. The molecule has 116 valence electrons. The summed E-state index contributed by atoms with van der Waals surface area (Å²) in [5, 5.41) is 0. The summed E-state index contributed by atoms with van der Waals surface area (Å²) in [4.78, 5) is 4.99. The molecule has 3 rings (SSSR count). The quantitative estimate of drug-likeness (QED) is 0.903. The van der Waals surface area contributed by atoms with E-state index in [2.05, 4.69) is 9.80 Å². The fourth-order valence-corrected chi connectivity index (χ4v) is 3.43. The topological polar surface area (TPSA) is 32.5 Å². The highest BCUT2D eigenvalue weighted by Gasteiger charge is 2.30. The van der Waals surface area contributed by atoms with E-state index in [1.165, 1.54) is 25.5 Å².